The quantitative estimate of drug-likeness (QED) is 0.843. The Labute approximate surface area is 96.3 Å². The fourth-order valence-electron chi connectivity index (χ4n) is 1.35. The molecule has 0 aliphatic heterocycles. The fourth-order valence-corrected chi connectivity index (χ4v) is 2.08. The van der Waals surface area contributed by atoms with Crippen LogP contribution in [0.3, 0.4) is 0 Å². The van der Waals surface area contributed by atoms with Crippen LogP contribution in [0.25, 0.3) is 11.3 Å². The maximum atomic E-state index is 13.4. The third kappa shape index (κ3) is 2.10. The molecule has 1 heterocycles. The summed E-state index contributed by atoms with van der Waals surface area (Å²) < 4.78 is 35.4. The first-order chi connectivity index (χ1) is 7.48. The monoisotopic (exact) mass is 259 g/mol. The van der Waals surface area contributed by atoms with Crippen molar-refractivity contribution in [3.05, 3.63) is 42.3 Å². The molecule has 0 aliphatic carbocycles. The second-order valence-electron chi connectivity index (χ2n) is 3.17. The molecular formula is C10H7ClFNO2S. The number of H-pyrrole nitrogens is 1. The van der Waals surface area contributed by atoms with Crippen LogP contribution in [0.15, 0.2) is 41.4 Å². The van der Waals surface area contributed by atoms with Gasteiger partial charge in [0.15, 0.2) is 0 Å². The second kappa shape index (κ2) is 3.92. The molecule has 0 fully saturated rings. The van der Waals surface area contributed by atoms with E-state index in [1.807, 2.05) is 0 Å². The molecule has 0 amide bonds. The van der Waals surface area contributed by atoms with Gasteiger partial charge in [-0.3, -0.25) is 0 Å². The summed E-state index contributed by atoms with van der Waals surface area (Å²) in [6.07, 6.45) is 1.23. The molecule has 3 nitrogen and oxygen atoms in total. The van der Waals surface area contributed by atoms with E-state index in [1.165, 1.54) is 18.3 Å². The van der Waals surface area contributed by atoms with Crippen molar-refractivity contribution in [2.24, 2.45) is 0 Å². The number of nitrogens with one attached hydrogen (secondary N) is 1. The Morgan fingerprint density at radius 3 is 2.50 bits per heavy atom. The highest BCUT2D eigenvalue weighted by atomic mass is 35.7. The van der Waals surface area contributed by atoms with Gasteiger partial charge in [-0.05, 0) is 18.2 Å². The smallest absolute Gasteiger partial charge is 0.262 e. The molecule has 1 aromatic heterocycles. The topological polar surface area (TPSA) is 49.9 Å². The Bertz CT molecular complexity index is 621. The van der Waals surface area contributed by atoms with E-state index in [0.717, 1.165) is 0 Å². The molecular weight excluding hydrogens is 253 g/mol. The lowest BCUT2D eigenvalue weighted by molar-refractivity contribution is 0.609. The number of halogens is 2. The molecule has 0 bridgehead atoms. The highest BCUT2D eigenvalue weighted by molar-refractivity contribution is 8.13. The van der Waals surface area contributed by atoms with E-state index in [9.17, 15) is 12.8 Å². The Morgan fingerprint density at radius 1 is 1.25 bits per heavy atom. The molecule has 0 unspecified atom stereocenters. The number of aromatic amines is 1. The van der Waals surface area contributed by atoms with Gasteiger partial charge >= 0.3 is 0 Å². The molecule has 0 aliphatic rings. The zero-order valence-corrected chi connectivity index (χ0v) is 9.52. The van der Waals surface area contributed by atoms with Crippen LogP contribution < -0.4 is 0 Å². The van der Waals surface area contributed by atoms with Crippen molar-refractivity contribution in [3.8, 4) is 11.3 Å². The Kier molecular flexibility index (Phi) is 2.73. The summed E-state index contributed by atoms with van der Waals surface area (Å²) in [5.41, 5.74) is 0.673. The van der Waals surface area contributed by atoms with Crippen molar-refractivity contribution in [2.75, 3.05) is 0 Å². The van der Waals surface area contributed by atoms with Crippen LogP contribution in [0.2, 0.25) is 0 Å². The zero-order chi connectivity index (χ0) is 11.8. The first-order valence-electron chi connectivity index (χ1n) is 4.36. The van der Waals surface area contributed by atoms with Crippen molar-refractivity contribution in [1.82, 2.24) is 4.98 Å². The lowest BCUT2D eigenvalue weighted by atomic mass is 10.1. The maximum Gasteiger partial charge on any atom is 0.262 e. The van der Waals surface area contributed by atoms with Gasteiger partial charge in [0.25, 0.3) is 9.05 Å². The number of aromatic nitrogens is 1. The van der Waals surface area contributed by atoms with Crippen LogP contribution in [0.4, 0.5) is 4.39 Å². The Hall–Kier alpha value is -1.33. The van der Waals surface area contributed by atoms with Crippen LogP contribution >= 0.6 is 10.7 Å². The standard InChI is InChI=1S/C10H7ClFNO2S/c11-16(14,15)7-5-10(13-6-7)8-3-1-2-4-9(8)12/h1-6,13H. The number of rotatable bonds is 2. The van der Waals surface area contributed by atoms with Crippen molar-refractivity contribution in [3.63, 3.8) is 0 Å². The first kappa shape index (κ1) is 11.2. The molecule has 2 aromatic rings. The van der Waals surface area contributed by atoms with E-state index in [1.54, 1.807) is 18.2 Å². The highest BCUT2D eigenvalue weighted by Crippen LogP contribution is 2.25. The molecule has 84 valence electrons. The number of hydrogen-bond acceptors (Lipinski definition) is 2. The van der Waals surface area contributed by atoms with Gasteiger partial charge in [0.1, 0.15) is 10.7 Å². The minimum atomic E-state index is -3.78. The van der Waals surface area contributed by atoms with Gasteiger partial charge in [0.05, 0.1) is 0 Å². The molecule has 2 rings (SSSR count). The second-order valence-corrected chi connectivity index (χ2v) is 5.73. The molecule has 16 heavy (non-hydrogen) atoms. The summed E-state index contributed by atoms with van der Waals surface area (Å²) in [7, 11) is 1.37. The molecule has 0 saturated carbocycles. The Balaban J connectivity index is 2.52. The third-order valence-electron chi connectivity index (χ3n) is 2.10. The van der Waals surface area contributed by atoms with E-state index < -0.39 is 14.9 Å². The third-order valence-corrected chi connectivity index (χ3v) is 3.44. The van der Waals surface area contributed by atoms with Gasteiger partial charge in [-0.1, -0.05) is 12.1 Å². The molecule has 0 radical (unpaired) electrons. The van der Waals surface area contributed by atoms with E-state index in [-0.39, 0.29) is 4.90 Å². The largest absolute Gasteiger partial charge is 0.360 e. The molecule has 1 N–H and O–H groups in total. The zero-order valence-electron chi connectivity index (χ0n) is 7.94. The highest BCUT2D eigenvalue weighted by Gasteiger charge is 2.14. The van der Waals surface area contributed by atoms with Gasteiger partial charge in [-0.15, -0.1) is 0 Å². The summed E-state index contributed by atoms with van der Waals surface area (Å²) in [5.74, 6) is -0.428. The van der Waals surface area contributed by atoms with E-state index in [2.05, 4.69) is 4.98 Å². The Morgan fingerprint density at radius 2 is 1.94 bits per heavy atom. The van der Waals surface area contributed by atoms with Crippen molar-refractivity contribution < 1.29 is 12.8 Å². The van der Waals surface area contributed by atoms with E-state index >= 15 is 0 Å². The minimum Gasteiger partial charge on any atom is -0.360 e. The van der Waals surface area contributed by atoms with Crippen molar-refractivity contribution in [2.45, 2.75) is 4.90 Å². The minimum absolute atomic E-state index is 0.0765. The first-order valence-corrected chi connectivity index (χ1v) is 6.67. The van der Waals surface area contributed by atoms with Gasteiger partial charge in [0.2, 0.25) is 0 Å². The average molecular weight is 260 g/mol. The number of benzene rings is 1. The maximum absolute atomic E-state index is 13.4. The van der Waals surface area contributed by atoms with Gasteiger partial charge in [-0.25, -0.2) is 12.8 Å². The van der Waals surface area contributed by atoms with Crippen molar-refractivity contribution in [1.29, 1.82) is 0 Å². The predicted octanol–water partition coefficient (Wildman–Crippen LogP) is 2.75. The predicted molar refractivity (Wildman–Crippen MR) is 59.2 cm³/mol. The van der Waals surface area contributed by atoms with E-state index in [0.29, 0.717) is 11.3 Å². The summed E-state index contributed by atoms with van der Waals surface area (Å²) >= 11 is 0. The van der Waals surface area contributed by atoms with Crippen LogP contribution in [0, 0.1) is 5.82 Å². The molecule has 0 spiro atoms. The summed E-state index contributed by atoms with van der Waals surface area (Å²) in [6, 6.07) is 7.35. The average Bonchev–Trinajstić information content (AvgIpc) is 2.66. The van der Waals surface area contributed by atoms with Crippen LogP contribution in [-0.2, 0) is 9.05 Å². The number of hydrogen-bond donors (Lipinski definition) is 1. The molecule has 0 atom stereocenters. The van der Waals surface area contributed by atoms with E-state index in [4.69, 9.17) is 10.7 Å². The lowest BCUT2D eigenvalue weighted by Crippen LogP contribution is -1.86. The van der Waals surface area contributed by atoms with Crippen molar-refractivity contribution >= 4 is 19.7 Å². The van der Waals surface area contributed by atoms with Crippen LogP contribution in [0.5, 0.6) is 0 Å². The summed E-state index contributed by atoms with van der Waals surface area (Å²) in [5, 5.41) is 0. The SMILES string of the molecule is O=S(=O)(Cl)c1c[nH]c(-c2ccccc2F)c1. The molecule has 1 aromatic carbocycles. The van der Waals surface area contributed by atoms with Gasteiger partial charge < -0.3 is 4.98 Å². The van der Waals surface area contributed by atoms with Gasteiger partial charge in [-0.2, -0.15) is 0 Å². The van der Waals surface area contributed by atoms with Crippen LogP contribution in [0.1, 0.15) is 0 Å². The molecule has 0 saturated heterocycles. The molecule has 6 heteroatoms. The normalized spacial score (nSPS) is 11.6. The van der Waals surface area contributed by atoms with Crippen LogP contribution in [-0.4, -0.2) is 13.4 Å². The summed E-state index contributed by atoms with van der Waals surface area (Å²) in [6.45, 7) is 0. The van der Waals surface area contributed by atoms with Gasteiger partial charge in [0, 0.05) is 28.1 Å². The fraction of sp³-hybridized carbons (Fsp3) is 0. The lowest BCUT2D eigenvalue weighted by Gasteiger charge is -1.98. The summed E-state index contributed by atoms with van der Waals surface area (Å²) in [4.78, 5) is 2.59.